The van der Waals surface area contributed by atoms with E-state index in [1.54, 1.807) is 11.3 Å². The molecule has 1 N–H and O–H groups in total. The van der Waals surface area contributed by atoms with Crippen LogP contribution >= 0.6 is 11.3 Å². The number of piperidine rings is 1. The van der Waals surface area contributed by atoms with Crippen LogP contribution in [0.2, 0.25) is 0 Å². The summed E-state index contributed by atoms with van der Waals surface area (Å²) >= 11 is 1.63. The topological polar surface area (TPSA) is 57.7 Å². The summed E-state index contributed by atoms with van der Waals surface area (Å²) in [6.07, 6.45) is 3.79. The van der Waals surface area contributed by atoms with E-state index in [-0.39, 0.29) is 18.1 Å². The molecule has 0 aliphatic carbocycles. The van der Waals surface area contributed by atoms with Crippen molar-refractivity contribution >= 4 is 28.6 Å². The minimum absolute atomic E-state index is 0.0201. The third-order valence-corrected chi connectivity index (χ3v) is 6.85. The van der Waals surface area contributed by atoms with Crippen LogP contribution in [0.5, 0.6) is 0 Å². The molecule has 1 aromatic heterocycles. The quantitative estimate of drug-likeness (QED) is 0.806. The average molecular weight is 415 g/mol. The van der Waals surface area contributed by atoms with Gasteiger partial charge in [-0.05, 0) is 57.4 Å². The number of carbonyl (C=O) groups is 1. The summed E-state index contributed by atoms with van der Waals surface area (Å²) in [7, 11) is 0. The van der Waals surface area contributed by atoms with E-state index in [0.29, 0.717) is 13.2 Å². The third kappa shape index (κ3) is 4.97. The van der Waals surface area contributed by atoms with Crippen LogP contribution < -0.4 is 10.2 Å². The number of nitrogens with one attached hydrogen (secondary N) is 1. The molecule has 0 saturated carbocycles. The molecule has 0 spiro atoms. The van der Waals surface area contributed by atoms with Gasteiger partial charge in [0, 0.05) is 48.6 Å². The van der Waals surface area contributed by atoms with Gasteiger partial charge in [0.15, 0.2) is 0 Å². The highest BCUT2D eigenvalue weighted by molar-refractivity contribution is 7.09. The second kappa shape index (κ2) is 9.24. The summed E-state index contributed by atoms with van der Waals surface area (Å²) in [5.74, 6) is 0.0201. The van der Waals surface area contributed by atoms with Crippen molar-refractivity contribution in [3.8, 4) is 0 Å². The second-order valence-corrected chi connectivity index (χ2v) is 8.83. The summed E-state index contributed by atoms with van der Waals surface area (Å²) in [6, 6.07) is 8.02. The fraction of sp³-hybridized carbons (Fsp3) is 0.545. The van der Waals surface area contributed by atoms with Crippen molar-refractivity contribution < 1.29 is 9.53 Å². The third-order valence-electron chi connectivity index (χ3n) is 5.79. The predicted octanol–water partition coefficient (Wildman–Crippen LogP) is 3.84. The number of morpholine rings is 1. The zero-order valence-corrected chi connectivity index (χ0v) is 18.1. The molecule has 29 heavy (non-hydrogen) atoms. The lowest BCUT2D eigenvalue weighted by Crippen LogP contribution is -2.48. The van der Waals surface area contributed by atoms with E-state index in [0.717, 1.165) is 36.0 Å². The number of ether oxygens (including phenoxy) is 1. The lowest BCUT2D eigenvalue weighted by Gasteiger charge is -2.35. The van der Waals surface area contributed by atoms with Crippen LogP contribution in [0.3, 0.4) is 0 Å². The van der Waals surface area contributed by atoms with E-state index >= 15 is 0 Å². The Morgan fingerprint density at radius 3 is 2.66 bits per heavy atom. The standard InChI is InChI=1S/C22H30N4O2S/c1-16-15-29-22(23-16)20-14-26(12-13-28-20)17(2)21(27)24-18-6-8-19(9-7-18)25-10-4-3-5-11-25/h6-9,15,17,20H,3-5,10-14H2,1-2H3,(H,24,27). The maximum atomic E-state index is 12.8. The Morgan fingerprint density at radius 2 is 1.97 bits per heavy atom. The zero-order valence-electron chi connectivity index (χ0n) is 17.3. The Kier molecular flexibility index (Phi) is 6.47. The van der Waals surface area contributed by atoms with Gasteiger partial charge in [0.2, 0.25) is 5.91 Å². The Balaban J connectivity index is 1.34. The van der Waals surface area contributed by atoms with Gasteiger partial charge in [0.05, 0.1) is 12.6 Å². The number of anilines is 2. The minimum atomic E-state index is -0.218. The molecule has 3 heterocycles. The summed E-state index contributed by atoms with van der Waals surface area (Å²) < 4.78 is 5.90. The van der Waals surface area contributed by atoms with Crippen LogP contribution in [0.25, 0.3) is 0 Å². The van der Waals surface area contributed by atoms with Crippen LogP contribution in [-0.2, 0) is 9.53 Å². The maximum Gasteiger partial charge on any atom is 0.241 e. The largest absolute Gasteiger partial charge is 0.372 e. The van der Waals surface area contributed by atoms with Gasteiger partial charge in [-0.2, -0.15) is 0 Å². The summed E-state index contributed by atoms with van der Waals surface area (Å²) in [4.78, 5) is 22.0. The molecule has 2 aromatic rings. The highest BCUT2D eigenvalue weighted by Crippen LogP contribution is 2.27. The number of aromatic nitrogens is 1. The number of nitrogens with zero attached hydrogens (tertiary/aromatic N) is 3. The number of benzene rings is 1. The molecule has 0 radical (unpaired) electrons. The molecule has 1 aromatic carbocycles. The summed E-state index contributed by atoms with van der Waals surface area (Å²) in [5, 5.41) is 6.11. The fourth-order valence-electron chi connectivity index (χ4n) is 4.01. The zero-order chi connectivity index (χ0) is 20.2. The van der Waals surface area contributed by atoms with Crippen molar-refractivity contribution in [1.82, 2.24) is 9.88 Å². The lowest BCUT2D eigenvalue weighted by atomic mass is 10.1. The Morgan fingerprint density at radius 1 is 1.21 bits per heavy atom. The average Bonchev–Trinajstić information content (AvgIpc) is 3.21. The molecule has 1 amide bonds. The van der Waals surface area contributed by atoms with E-state index in [4.69, 9.17) is 4.74 Å². The van der Waals surface area contributed by atoms with Gasteiger partial charge in [0.25, 0.3) is 0 Å². The van der Waals surface area contributed by atoms with Crippen molar-refractivity contribution in [3.05, 3.63) is 40.3 Å². The first-order valence-corrected chi connectivity index (χ1v) is 11.4. The van der Waals surface area contributed by atoms with Gasteiger partial charge in [0.1, 0.15) is 11.1 Å². The van der Waals surface area contributed by atoms with Crippen LogP contribution in [-0.4, -0.2) is 54.6 Å². The van der Waals surface area contributed by atoms with E-state index in [9.17, 15) is 4.79 Å². The Labute approximate surface area is 176 Å². The molecule has 2 saturated heterocycles. The predicted molar refractivity (Wildman–Crippen MR) is 118 cm³/mol. The number of rotatable bonds is 5. The first-order chi connectivity index (χ1) is 14.1. The van der Waals surface area contributed by atoms with Gasteiger partial charge < -0.3 is 15.0 Å². The molecule has 4 rings (SSSR count). The highest BCUT2D eigenvalue weighted by Gasteiger charge is 2.30. The normalized spacial score (nSPS) is 21.7. The van der Waals surface area contributed by atoms with Crippen LogP contribution in [0.15, 0.2) is 29.6 Å². The van der Waals surface area contributed by atoms with E-state index in [1.807, 2.05) is 31.4 Å². The number of carbonyl (C=O) groups excluding carboxylic acids is 1. The SMILES string of the molecule is Cc1csc(C2CN(C(C)C(=O)Nc3ccc(N4CCCCC4)cc3)CCO2)n1. The van der Waals surface area contributed by atoms with Crippen LogP contribution in [0.1, 0.15) is 43.0 Å². The van der Waals surface area contributed by atoms with Gasteiger partial charge >= 0.3 is 0 Å². The molecule has 7 heteroatoms. The molecule has 2 fully saturated rings. The number of hydrogen-bond donors (Lipinski definition) is 1. The number of aryl methyl sites for hydroxylation is 1. The molecule has 6 nitrogen and oxygen atoms in total. The van der Waals surface area contributed by atoms with Gasteiger partial charge in [-0.1, -0.05) is 0 Å². The van der Waals surface area contributed by atoms with E-state index in [2.05, 4.69) is 32.2 Å². The molecule has 2 atom stereocenters. The first kappa shape index (κ1) is 20.3. The first-order valence-electron chi connectivity index (χ1n) is 10.5. The minimum Gasteiger partial charge on any atom is -0.372 e. The Bertz CT molecular complexity index is 816. The van der Waals surface area contributed by atoms with Crippen molar-refractivity contribution in [1.29, 1.82) is 0 Å². The molecular formula is C22H30N4O2S. The van der Waals surface area contributed by atoms with Crippen molar-refractivity contribution in [3.63, 3.8) is 0 Å². The molecule has 2 aliphatic heterocycles. The van der Waals surface area contributed by atoms with Crippen molar-refractivity contribution in [2.24, 2.45) is 0 Å². The molecular weight excluding hydrogens is 384 g/mol. The fourth-order valence-corrected chi connectivity index (χ4v) is 4.85. The number of amides is 1. The van der Waals surface area contributed by atoms with Crippen molar-refractivity contribution in [2.75, 3.05) is 43.0 Å². The molecule has 2 aliphatic rings. The Hall–Kier alpha value is -1.96. The van der Waals surface area contributed by atoms with E-state index < -0.39 is 0 Å². The molecule has 2 unspecified atom stereocenters. The van der Waals surface area contributed by atoms with Gasteiger partial charge in [-0.15, -0.1) is 11.3 Å². The number of thiazole rings is 1. The molecule has 156 valence electrons. The summed E-state index contributed by atoms with van der Waals surface area (Å²) in [5.41, 5.74) is 3.11. The monoisotopic (exact) mass is 414 g/mol. The van der Waals surface area contributed by atoms with Crippen molar-refractivity contribution in [2.45, 2.75) is 45.3 Å². The summed E-state index contributed by atoms with van der Waals surface area (Å²) in [6.45, 7) is 8.27. The van der Waals surface area contributed by atoms with E-state index in [1.165, 1.54) is 24.9 Å². The van der Waals surface area contributed by atoms with Gasteiger partial charge in [-0.25, -0.2) is 4.98 Å². The van der Waals surface area contributed by atoms with Gasteiger partial charge in [-0.3, -0.25) is 9.69 Å². The second-order valence-electron chi connectivity index (χ2n) is 7.94. The lowest BCUT2D eigenvalue weighted by molar-refractivity contribution is -0.124. The highest BCUT2D eigenvalue weighted by atomic mass is 32.1. The smallest absolute Gasteiger partial charge is 0.241 e. The maximum absolute atomic E-state index is 12.8. The molecule has 0 bridgehead atoms. The van der Waals surface area contributed by atoms with Crippen LogP contribution in [0, 0.1) is 6.92 Å². The van der Waals surface area contributed by atoms with Crippen LogP contribution in [0.4, 0.5) is 11.4 Å². The number of hydrogen-bond acceptors (Lipinski definition) is 6.